The first-order valence-corrected chi connectivity index (χ1v) is 13.6. The van der Waals surface area contributed by atoms with Gasteiger partial charge in [0.15, 0.2) is 0 Å². The number of carbonyl (C=O) groups excluding carboxylic acids is 2. The Kier molecular flexibility index (Phi) is 8.61. The highest BCUT2D eigenvalue weighted by atomic mass is 35.5. The first kappa shape index (κ1) is 30.0. The van der Waals surface area contributed by atoms with Crippen LogP contribution in [-0.2, 0) is 10.4 Å². The van der Waals surface area contributed by atoms with Crippen molar-refractivity contribution in [3.63, 3.8) is 0 Å². The van der Waals surface area contributed by atoms with E-state index in [-0.39, 0.29) is 30.2 Å². The summed E-state index contributed by atoms with van der Waals surface area (Å²) in [5, 5.41) is 11.1. The maximum atomic E-state index is 14.1. The molecule has 4 rings (SSSR count). The molecule has 11 heteroatoms. The molecule has 218 valence electrons. The van der Waals surface area contributed by atoms with E-state index in [1.165, 1.54) is 24.1 Å². The van der Waals surface area contributed by atoms with Crippen molar-refractivity contribution in [2.45, 2.75) is 43.9 Å². The van der Waals surface area contributed by atoms with Gasteiger partial charge in [-0.1, -0.05) is 23.7 Å². The zero-order valence-electron chi connectivity index (χ0n) is 22.8. The summed E-state index contributed by atoms with van der Waals surface area (Å²) in [6.45, 7) is 0.781. The van der Waals surface area contributed by atoms with Gasteiger partial charge in [-0.25, -0.2) is 0 Å². The number of benzene rings is 2. The van der Waals surface area contributed by atoms with E-state index in [2.05, 4.69) is 0 Å². The number of nitrogens with zero attached hydrogens (tertiary/aromatic N) is 2. The molecule has 40 heavy (non-hydrogen) atoms. The van der Waals surface area contributed by atoms with Gasteiger partial charge in [-0.15, -0.1) is 0 Å². The number of methoxy groups -OCH3 is 1. The molecular formula is C29H34ClF3N2O5. The normalized spacial score (nSPS) is 19.6. The van der Waals surface area contributed by atoms with E-state index < -0.39 is 23.2 Å². The lowest BCUT2D eigenvalue weighted by atomic mass is 9.86. The van der Waals surface area contributed by atoms with E-state index in [0.29, 0.717) is 41.7 Å². The fourth-order valence-electron chi connectivity index (χ4n) is 5.61. The summed E-state index contributed by atoms with van der Waals surface area (Å²) in [5.74, 6) is -0.435. The number of likely N-dealkylation sites (tertiary alicyclic amines) is 1. The maximum absolute atomic E-state index is 14.1. The van der Waals surface area contributed by atoms with Gasteiger partial charge >= 0.3 is 6.18 Å². The summed E-state index contributed by atoms with van der Waals surface area (Å²) in [7, 11) is 4.61. The molecule has 1 aliphatic carbocycles. The Morgan fingerprint density at radius 3 is 2.42 bits per heavy atom. The third-order valence-corrected chi connectivity index (χ3v) is 8.47. The van der Waals surface area contributed by atoms with Crippen molar-refractivity contribution < 1.29 is 37.3 Å². The van der Waals surface area contributed by atoms with Crippen LogP contribution in [0.5, 0.6) is 11.5 Å². The molecule has 1 aliphatic heterocycles. The van der Waals surface area contributed by atoms with Crippen LogP contribution in [0.2, 0.25) is 5.02 Å². The number of aliphatic hydroxyl groups is 1. The minimum atomic E-state index is -5.19. The molecule has 0 aromatic heterocycles. The fraction of sp³-hybridized carbons (Fsp3) is 0.517. The van der Waals surface area contributed by atoms with Gasteiger partial charge in [0.1, 0.15) is 11.5 Å². The minimum Gasteiger partial charge on any atom is -0.497 e. The molecule has 1 spiro atoms. The van der Waals surface area contributed by atoms with E-state index in [0.717, 1.165) is 36.3 Å². The maximum Gasteiger partial charge on any atom is 0.430 e. The average Bonchev–Trinajstić information content (AvgIpc) is 3.60. The van der Waals surface area contributed by atoms with Gasteiger partial charge in [0.2, 0.25) is 0 Å². The third-order valence-electron chi connectivity index (χ3n) is 8.16. The van der Waals surface area contributed by atoms with Crippen molar-refractivity contribution in [1.29, 1.82) is 0 Å². The Hall–Kier alpha value is -2.98. The second kappa shape index (κ2) is 11.5. The lowest BCUT2D eigenvalue weighted by Gasteiger charge is -2.39. The van der Waals surface area contributed by atoms with Crippen LogP contribution in [0.4, 0.5) is 13.2 Å². The predicted octanol–water partition coefficient (Wildman–Crippen LogP) is 5.29. The second-order valence-electron chi connectivity index (χ2n) is 10.8. The molecule has 2 amide bonds. The number of piperidine rings is 1. The Morgan fingerprint density at radius 1 is 1.12 bits per heavy atom. The molecule has 2 fully saturated rings. The molecule has 0 unspecified atom stereocenters. The van der Waals surface area contributed by atoms with Crippen LogP contribution < -0.4 is 9.47 Å². The van der Waals surface area contributed by atoms with Crippen LogP contribution in [0.3, 0.4) is 0 Å². The quantitative estimate of drug-likeness (QED) is 0.407. The molecule has 2 aromatic rings. The SMILES string of the molecule is COc1cccc([C@](O)(C(=O)N2CCC3(CC2)C[C@H]3CCCOc2ccc(C(=O)N(C)C)c(Cl)c2)C(F)(F)F)c1. The van der Waals surface area contributed by atoms with Crippen LogP contribution in [-0.4, -0.2) is 73.8 Å². The van der Waals surface area contributed by atoms with Crippen molar-refractivity contribution in [3.8, 4) is 11.5 Å². The van der Waals surface area contributed by atoms with E-state index in [4.69, 9.17) is 21.1 Å². The Balaban J connectivity index is 1.28. The first-order chi connectivity index (χ1) is 18.8. The molecule has 1 N–H and O–H groups in total. The monoisotopic (exact) mass is 582 g/mol. The molecule has 2 aromatic carbocycles. The molecule has 0 radical (unpaired) electrons. The zero-order chi connectivity index (χ0) is 29.3. The number of halogens is 4. The third kappa shape index (κ3) is 5.88. The number of amides is 2. The van der Waals surface area contributed by atoms with Crippen LogP contribution in [0, 0.1) is 11.3 Å². The van der Waals surface area contributed by atoms with Crippen molar-refractivity contribution in [3.05, 3.63) is 58.6 Å². The van der Waals surface area contributed by atoms with Crippen LogP contribution in [0.15, 0.2) is 42.5 Å². The highest BCUT2D eigenvalue weighted by Crippen LogP contribution is 2.61. The lowest BCUT2D eigenvalue weighted by Crippen LogP contribution is -2.57. The van der Waals surface area contributed by atoms with Crippen molar-refractivity contribution in [1.82, 2.24) is 9.80 Å². The largest absolute Gasteiger partial charge is 0.497 e. The second-order valence-corrected chi connectivity index (χ2v) is 11.2. The number of hydrogen-bond donors (Lipinski definition) is 1. The number of ether oxygens (including phenoxy) is 2. The van der Waals surface area contributed by atoms with Crippen LogP contribution in [0.25, 0.3) is 0 Å². The fourth-order valence-corrected chi connectivity index (χ4v) is 5.86. The van der Waals surface area contributed by atoms with Crippen LogP contribution >= 0.6 is 11.6 Å². The highest BCUT2D eigenvalue weighted by Gasteiger charge is 2.63. The van der Waals surface area contributed by atoms with Crippen molar-refractivity contribution >= 4 is 23.4 Å². The summed E-state index contributed by atoms with van der Waals surface area (Å²) in [6, 6.07) is 9.87. The Labute approximate surface area is 236 Å². The molecule has 2 atom stereocenters. The van der Waals surface area contributed by atoms with E-state index in [9.17, 15) is 27.9 Å². The molecule has 0 bridgehead atoms. The van der Waals surface area contributed by atoms with Crippen molar-refractivity contribution in [2.24, 2.45) is 11.3 Å². The molecule has 2 aliphatic rings. The van der Waals surface area contributed by atoms with Gasteiger partial charge in [-0.05, 0) is 73.8 Å². The van der Waals surface area contributed by atoms with Gasteiger partial charge in [-0.2, -0.15) is 13.2 Å². The van der Waals surface area contributed by atoms with Gasteiger partial charge in [0.25, 0.3) is 17.4 Å². The minimum absolute atomic E-state index is 0.0145. The van der Waals surface area contributed by atoms with Gasteiger partial charge in [-0.3, -0.25) is 9.59 Å². The van der Waals surface area contributed by atoms with Crippen molar-refractivity contribution in [2.75, 3.05) is 40.9 Å². The molecule has 1 heterocycles. The van der Waals surface area contributed by atoms with E-state index >= 15 is 0 Å². The topological polar surface area (TPSA) is 79.3 Å². The summed E-state index contributed by atoms with van der Waals surface area (Å²) < 4.78 is 53.1. The smallest absolute Gasteiger partial charge is 0.430 e. The van der Waals surface area contributed by atoms with E-state index in [1.807, 2.05) is 0 Å². The number of alkyl halides is 3. The van der Waals surface area contributed by atoms with Gasteiger partial charge < -0.3 is 24.4 Å². The number of hydrogen-bond acceptors (Lipinski definition) is 5. The number of rotatable bonds is 9. The molecule has 1 saturated heterocycles. The standard InChI is InChI=1S/C29H34ClF3N2O5/c1-34(2)25(36)23-10-9-22(17-24(23)30)40-15-5-7-20-18-27(20)11-13-35(14-12-27)26(37)28(38,29(31,32)33)19-6-4-8-21(16-19)39-3/h4,6,8-10,16-17,20,38H,5,7,11-15,18H2,1-3H3/t20-,28+/m1/s1. The summed E-state index contributed by atoms with van der Waals surface area (Å²) in [4.78, 5) is 27.8. The molecular weight excluding hydrogens is 549 g/mol. The molecule has 7 nitrogen and oxygen atoms in total. The van der Waals surface area contributed by atoms with Crippen LogP contribution in [0.1, 0.15) is 48.0 Å². The Bertz CT molecular complexity index is 1250. The number of carbonyl (C=O) groups is 2. The average molecular weight is 583 g/mol. The molecule has 1 saturated carbocycles. The van der Waals surface area contributed by atoms with Gasteiger partial charge in [0.05, 0.1) is 24.3 Å². The lowest BCUT2D eigenvalue weighted by molar-refractivity contribution is -0.262. The Morgan fingerprint density at radius 2 is 1.82 bits per heavy atom. The first-order valence-electron chi connectivity index (χ1n) is 13.2. The van der Waals surface area contributed by atoms with Gasteiger partial charge in [0, 0.05) is 32.7 Å². The summed E-state index contributed by atoms with van der Waals surface area (Å²) in [5.41, 5.74) is -3.79. The summed E-state index contributed by atoms with van der Waals surface area (Å²) in [6.07, 6.45) is -1.37. The zero-order valence-corrected chi connectivity index (χ0v) is 23.5. The predicted molar refractivity (Wildman–Crippen MR) is 143 cm³/mol. The summed E-state index contributed by atoms with van der Waals surface area (Å²) >= 11 is 6.24. The van der Waals surface area contributed by atoms with E-state index in [1.54, 1.807) is 32.3 Å². The highest BCUT2D eigenvalue weighted by molar-refractivity contribution is 6.34.